The van der Waals surface area contributed by atoms with Gasteiger partial charge in [-0.25, -0.2) is 9.97 Å². The molecule has 0 aliphatic heterocycles. The Morgan fingerprint density at radius 3 is 2.56 bits per heavy atom. The summed E-state index contributed by atoms with van der Waals surface area (Å²) in [5.41, 5.74) is 7.08. The fourth-order valence-electron chi connectivity index (χ4n) is 2.78. The lowest BCUT2D eigenvalue weighted by Crippen LogP contribution is -2.05. The highest BCUT2D eigenvalue weighted by Gasteiger charge is 2.37. The van der Waals surface area contributed by atoms with Crippen LogP contribution in [0.1, 0.15) is 62.4 Å². The van der Waals surface area contributed by atoms with Crippen LogP contribution < -0.4 is 5.73 Å². The van der Waals surface area contributed by atoms with E-state index in [-0.39, 0.29) is 0 Å². The summed E-state index contributed by atoms with van der Waals surface area (Å²) in [6, 6.07) is 1.98. The lowest BCUT2D eigenvalue weighted by molar-refractivity contribution is 0.681. The maximum absolute atomic E-state index is 5.89. The minimum absolute atomic E-state index is 0.573. The summed E-state index contributed by atoms with van der Waals surface area (Å²) in [6.07, 6.45) is 6.45. The van der Waals surface area contributed by atoms with Gasteiger partial charge in [0.15, 0.2) is 0 Å². The largest absolute Gasteiger partial charge is 0.384 e. The minimum Gasteiger partial charge on any atom is -0.384 e. The Kier molecular flexibility index (Phi) is 2.34. The maximum Gasteiger partial charge on any atom is 0.134 e. The van der Waals surface area contributed by atoms with Crippen molar-refractivity contribution >= 4 is 5.82 Å². The number of hydrogen-bond donors (Lipinski definition) is 1. The molecule has 2 aliphatic rings. The number of aromatic nitrogens is 2. The monoisotopic (exact) mass is 217 g/mol. The quantitative estimate of drug-likeness (QED) is 0.828. The third-order valence-corrected chi connectivity index (χ3v) is 4.00. The molecule has 1 heterocycles. The van der Waals surface area contributed by atoms with Crippen molar-refractivity contribution in [2.75, 3.05) is 5.73 Å². The summed E-state index contributed by atoms with van der Waals surface area (Å²) in [7, 11) is 0. The molecule has 2 saturated carbocycles. The molecule has 2 unspecified atom stereocenters. The zero-order valence-corrected chi connectivity index (χ0v) is 9.82. The van der Waals surface area contributed by atoms with Gasteiger partial charge < -0.3 is 5.73 Å². The Morgan fingerprint density at radius 2 is 1.94 bits per heavy atom. The molecule has 0 radical (unpaired) electrons. The molecule has 0 aromatic carbocycles. The van der Waals surface area contributed by atoms with E-state index in [0.29, 0.717) is 17.7 Å². The molecule has 0 saturated heterocycles. The van der Waals surface area contributed by atoms with E-state index in [4.69, 9.17) is 10.7 Å². The van der Waals surface area contributed by atoms with Crippen molar-refractivity contribution in [3.63, 3.8) is 0 Å². The van der Waals surface area contributed by atoms with Gasteiger partial charge in [0.1, 0.15) is 11.6 Å². The first-order valence-electron chi connectivity index (χ1n) is 6.38. The fourth-order valence-corrected chi connectivity index (χ4v) is 2.78. The van der Waals surface area contributed by atoms with Crippen LogP contribution in [0.3, 0.4) is 0 Å². The number of nitrogens with two attached hydrogens (primary N) is 1. The van der Waals surface area contributed by atoms with Crippen LogP contribution >= 0.6 is 0 Å². The van der Waals surface area contributed by atoms with Gasteiger partial charge in [-0.15, -0.1) is 0 Å². The Labute approximate surface area is 96.5 Å². The van der Waals surface area contributed by atoms with Gasteiger partial charge in [0.25, 0.3) is 0 Å². The summed E-state index contributed by atoms with van der Waals surface area (Å²) in [4.78, 5) is 9.12. The lowest BCUT2D eigenvalue weighted by Gasteiger charge is -2.10. The van der Waals surface area contributed by atoms with Gasteiger partial charge in [0.2, 0.25) is 0 Å². The molecule has 0 bridgehead atoms. The van der Waals surface area contributed by atoms with Crippen LogP contribution in [0.25, 0.3) is 0 Å². The maximum atomic E-state index is 5.89. The first-order chi connectivity index (χ1) is 7.74. The molecule has 3 heteroatoms. The summed E-state index contributed by atoms with van der Waals surface area (Å²) in [5.74, 6) is 3.61. The number of nitrogen functional groups attached to an aromatic ring is 1. The average Bonchev–Trinajstić information content (AvgIpc) is 2.81. The molecule has 0 spiro atoms. The molecule has 0 amide bonds. The average molecular weight is 217 g/mol. The highest BCUT2D eigenvalue weighted by atomic mass is 15.0. The zero-order valence-electron chi connectivity index (χ0n) is 9.82. The predicted molar refractivity (Wildman–Crippen MR) is 64.2 cm³/mol. The van der Waals surface area contributed by atoms with Crippen molar-refractivity contribution < 1.29 is 0 Å². The molecule has 3 rings (SSSR count). The van der Waals surface area contributed by atoms with Crippen LogP contribution in [0.15, 0.2) is 6.07 Å². The van der Waals surface area contributed by atoms with Gasteiger partial charge in [-0.2, -0.15) is 0 Å². The molecule has 1 aromatic rings. The summed E-state index contributed by atoms with van der Waals surface area (Å²) >= 11 is 0. The van der Waals surface area contributed by atoms with Crippen LogP contribution in [0.4, 0.5) is 5.82 Å². The van der Waals surface area contributed by atoms with E-state index >= 15 is 0 Å². The van der Waals surface area contributed by atoms with Crippen LogP contribution in [0, 0.1) is 5.92 Å². The zero-order chi connectivity index (χ0) is 11.1. The van der Waals surface area contributed by atoms with E-state index in [9.17, 15) is 0 Å². The van der Waals surface area contributed by atoms with Gasteiger partial charge in [-0.1, -0.05) is 19.8 Å². The molecule has 2 fully saturated rings. The molecule has 2 N–H and O–H groups in total. The van der Waals surface area contributed by atoms with Crippen LogP contribution in [0.5, 0.6) is 0 Å². The first kappa shape index (κ1) is 10.1. The van der Waals surface area contributed by atoms with Crippen molar-refractivity contribution in [1.29, 1.82) is 0 Å². The van der Waals surface area contributed by atoms with Crippen molar-refractivity contribution in [1.82, 2.24) is 9.97 Å². The molecule has 86 valence electrons. The van der Waals surface area contributed by atoms with Gasteiger partial charge in [-0.05, 0) is 25.2 Å². The summed E-state index contributed by atoms with van der Waals surface area (Å²) in [5, 5.41) is 0. The van der Waals surface area contributed by atoms with E-state index in [0.717, 1.165) is 11.7 Å². The van der Waals surface area contributed by atoms with E-state index < -0.39 is 0 Å². The third kappa shape index (κ3) is 1.79. The number of nitrogens with zero attached hydrogens (tertiary/aromatic N) is 2. The van der Waals surface area contributed by atoms with E-state index in [1.165, 1.54) is 37.8 Å². The first-order valence-corrected chi connectivity index (χ1v) is 6.38. The molecule has 2 aliphatic carbocycles. The molecular formula is C13H19N3. The SMILES string of the molecule is CC1CC1c1nc(N)cc(C2CCCC2)n1. The molecule has 16 heavy (non-hydrogen) atoms. The molecular weight excluding hydrogens is 198 g/mol. The number of anilines is 1. The Bertz CT molecular complexity index is 396. The number of rotatable bonds is 2. The predicted octanol–water partition coefficient (Wildman–Crippen LogP) is 2.84. The lowest BCUT2D eigenvalue weighted by atomic mass is 10.0. The Balaban J connectivity index is 1.89. The van der Waals surface area contributed by atoms with Gasteiger partial charge in [-0.3, -0.25) is 0 Å². The second-order valence-corrected chi connectivity index (χ2v) is 5.38. The van der Waals surface area contributed by atoms with Gasteiger partial charge >= 0.3 is 0 Å². The standard InChI is InChI=1S/C13H19N3/c1-8-6-10(8)13-15-11(7-12(14)16-13)9-4-2-3-5-9/h7-10H,2-6H2,1H3,(H2,14,15,16). The summed E-state index contributed by atoms with van der Waals surface area (Å²) in [6.45, 7) is 2.26. The Morgan fingerprint density at radius 1 is 1.25 bits per heavy atom. The third-order valence-electron chi connectivity index (χ3n) is 4.00. The van der Waals surface area contributed by atoms with Crippen molar-refractivity contribution in [3.05, 3.63) is 17.6 Å². The molecule has 1 aromatic heterocycles. The van der Waals surface area contributed by atoms with Crippen molar-refractivity contribution in [2.45, 2.75) is 50.9 Å². The topological polar surface area (TPSA) is 51.8 Å². The van der Waals surface area contributed by atoms with E-state index in [1.54, 1.807) is 0 Å². The second-order valence-electron chi connectivity index (χ2n) is 5.38. The van der Waals surface area contributed by atoms with E-state index in [1.807, 2.05) is 6.07 Å². The van der Waals surface area contributed by atoms with Crippen molar-refractivity contribution in [2.24, 2.45) is 5.92 Å². The molecule has 3 nitrogen and oxygen atoms in total. The van der Waals surface area contributed by atoms with Gasteiger partial charge in [0, 0.05) is 23.6 Å². The van der Waals surface area contributed by atoms with Gasteiger partial charge in [0.05, 0.1) is 0 Å². The highest BCUT2D eigenvalue weighted by molar-refractivity contribution is 5.33. The van der Waals surface area contributed by atoms with Crippen LogP contribution in [0.2, 0.25) is 0 Å². The minimum atomic E-state index is 0.573. The summed E-state index contributed by atoms with van der Waals surface area (Å²) < 4.78 is 0. The molecule has 2 atom stereocenters. The normalized spacial score (nSPS) is 29.6. The van der Waals surface area contributed by atoms with Crippen LogP contribution in [-0.2, 0) is 0 Å². The smallest absolute Gasteiger partial charge is 0.134 e. The van der Waals surface area contributed by atoms with E-state index in [2.05, 4.69) is 11.9 Å². The van der Waals surface area contributed by atoms with Crippen LogP contribution in [-0.4, -0.2) is 9.97 Å². The fraction of sp³-hybridized carbons (Fsp3) is 0.692. The van der Waals surface area contributed by atoms with Crippen molar-refractivity contribution in [3.8, 4) is 0 Å². The highest BCUT2D eigenvalue weighted by Crippen LogP contribution is 2.46. The number of hydrogen-bond acceptors (Lipinski definition) is 3. The second kappa shape index (κ2) is 3.72. The Hall–Kier alpha value is -1.12.